The van der Waals surface area contributed by atoms with E-state index >= 15 is 0 Å². The fourth-order valence-electron chi connectivity index (χ4n) is 3.80. The maximum absolute atomic E-state index is 5.46. The van der Waals surface area contributed by atoms with E-state index in [4.69, 9.17) is 4.52 Å². The molecule has 0 aliphatic carbocycles. The van der Waals surface area contributed by atoms with Crippen LogP contribution in [0.5, 0.6) is 0 Å². The quantitative estimate of drug-likeness (QED) is 0.616. The molecule has 164 valence electrons. The van der Waals surface area contributed by atoms with Crippen LogP contribution in [0, 0.1) is 0 Å². The minimum atomic E-state index is -0.117. The minimum absolute atomic E-state index is 0.0454. The summed E-state index contributed by atoms with van der Waals surface area (Å²) in [6.07, 6.45) is 0. The second kappa shape index (κ2) is 9.10. The molecule has 2 aromatic carbocycles. The van der Waals surface area contributed by atoms with Crippen molar-refractivity contribution in [3.63, 3.8) is 0 Å². The Morgan fingerprint density at radius 2 is 1.65 bits per heavy atom. The third kappa shape index (κ3) is 5.44. The van der Waals surface area contributed by atoms with Gasteiger partial charge in [-0.05, 0) is 36.8 Å². The Bertz CT molecular complexity index is 954. The summed E-state index contributed by atoms with van der Waals surface area (Å²) in [6, 6.07) is 19.3. The van der Waals surface area contributed by atoms with Crippen LogP contribution in [0.25, 0.3) is 0 Å². The Kier molecular flexibility index (Phi) is 6.28. The van der Waals surface area contributed by atoms with Crippen LogP contribution < -0.4 is 10.2 Å². The van der Waals surface area contributed by atoms with Gasteiger partial charge in [-0.2, -0.15) is 4.98 Å². The monoisotopic (exact) mass is 419 g/mol. The topological polar surface area (TPSA) is 57.4 Å². The van der Waals surface area contributed by atoms with Crippen LogP contribution in [0.4, 0.5) is 11.4 Å². The summed E-state index contributed by atoms with van der Waals surface area (Å²) in [5.74, 6) is 1.35. The molecule has 1 aliphatic rings. The van der Waals surface area contributed by atoms with E-state index in [-0.39, 0.29) is 11.5 Å². The number of benzene rings is 2. The molecule has 6 nitrogen and oxygen atoms in total. The Balaban J connectivity index is 1.30. The summed E-state index contributed by atoms with van der Waals surface area (Å²) >= 11 is 0. The molecule has 1 saturated heterocycles. The molecule has 0 amide bonds. The van der Waals surface area contributed by atoms with Gasteiger partial charge in [0, 0.05) is 49.5 Å². The molecule has 2 heterocycles. The third-order valence-corrected chi connectivity index (χ3v) is 5.72. The predicted molar refractivity (Wildman–Crippen MR) is 125 cm³/mol. The Labute approximate surface area is 185 Å². The number of aromatic nitrogens is 2. The number of anilines is 2. The molecule has 0 unspecified atom stereocenters. The zero-order valence-corrected chi connectivity index (χ0v) is 19.0. The average Bonchev–Trinajstić information content (AvgIpc) is 3.27. The van der Waals surface area contributed by atoms with E-state index in [9.17, 15) is 0 Å². The van der Waals surface area contributed by atoms with Crippen LogP contribution in [0.2, 0.25) is 0 Å². The molecule has 3 aromatic rings. The summed E-state index contributed by atoms with van der Waals surface area (Å²) in [6.45, 7) is 13.6. The van der Waals surface area contributed by atoms with Gasteiger partial charge in [0.05, 0.1) is 0 Å². The maximum Gasteiger partial charge on any atom is 0.248 e. The molecule has 4 rings (SSSR count). The maximum atomic E-state index is 5.46. The van der Waals surface area contributed by atoms with E-state index in [1.807, 2.05) is 6.92 Å². The molecule has 1 N–H and O–H groups in total. The van der Waals surface area contributed by atoms with Crippen molar-refractivity contribution in [2.24, 2.45) is 0 Å². The molecular weight excluding hydrogens is 386 g/mol. The van der Waals surface area contributed by atoms with Crippen molar-refractivity contribution in [1.82, 2.24) is 15.0 Å². The highest BCUT2D eigenvalue weighted by molar-refractivity contribution is 5.55. The fraction of sp³-hybridized carbons (Fsp3) is 0.440. The second-order valence-electron chi connectivity index (χ2n) is 9.37. The first kappa shape index (κ1) is 21.4. The van der Waals surface area contributed by atoms with E-state index in [2.05, 4.69) is 101 Å². The molecule has 1 aromatic heterocycles. The number of rotatable bonds is 6. The SMILES string of the molecule is C[C@H](Nc1ccc(N2CCN(Cc3ccccc3)CC2)cc1)c1nc(C(C)(C)C)no1. The predicted octanol–water partition coefficient (Wildman–Crippen LogP) is 4.86. The summed E-state index contributed by atoms with van der Waals surface area (Å²) < 4.78 is 5.46. The normalized spacial score (nSPS) is 16.3. The van der Waals surface area contributed by atoms with E-state index < -0.39 is 0 Å². The number of nitrogens with zero attached hydrogens (tertiary/aromatic N) is 4. The van der Waals surface area contributed by atoms with Gasteiger partial charge in [0.15, 0.2) is 5.82 Å². The lowest BCUT2D eigenvalue weighted by molar-refractivity contribution is 0.250. The first-order valence-electron chi connectivity index (χ1n) is 11.1. The highest BCUT2D eigenvalue weighted by Crippen LogP contribution is 2.25. The van der Waals surface area contributed by atoms with Gasteiger partial charge in [0.1, 0.15) is 6.04 Å². The van der Waals surface area contributed by atoms with Crippen molar-refractivity contribution in [2.45, 2.75) is 45.7 Å². The molecule has 1 fully saturated rings. The first-order valence-corrected chi connectivity index (χ1v) is 11.1. The number of nitrogens with one attached hydrogen (secondary N) is 1. The van der Waals surface area contributed by atoms with Crippen LogP contribution in [0.15, 0.2) is 59.1 Å². The molecule has 31 heavy (non-hydrogen) atoms. The van der Waals surface area contributed by atoms with Crippen LogP contribution in [0.1, 0.15) is 51.0 Å². The molecule has 0 spiro atoms. The lowest BCUT2D eigenvalue weighted by Gasteiger charge is -2.36. The van der Waals surface area contributed by atoms with Crippen molar-refractivity contribution in [1.29, 1.82) is 0 Å². The van der Waals surface area contributed by atoms with E-state index in [1.165, 1.54) is 11.3 Å². The summed E-state index contributed by atoms with van der Waals surface area (Å²) in [4.78, 5) is 9.54. The molecule has 6 heteroatoms. The number of piperazine rings is 1. The van der Waals surface area contributed by atoms with Gasteiger partial charge in [0.25, 0.3) is 0 Å². The van der Waals surface area contributed by atoms with Crippen LogP contribution in [-0.4, -0.2) is 41.2 Å². The van der Waals surface area contributed by atoms with Gasteiger partial charge in [-0.15, -0.1) is 0 Å². The zero-order valence-electron chi connectivity index (χ0n) is 19.0. The van der Waals surface area contributed by atoms with Crippen molar-refractivity contribution < 1.29 is 4.52 Å². The molecular formula is C25H33N5O. The van der Waals surface area contributed by atoms with E-state index in [0.717, 1.165) is 44.2 Å². The van der Waals surface area contributed by atoms with Crippen LogP contribution in [-0.2, 0) is 12.0 Å². The average molecular weight is 420 g/mol. The van der Waals surface area contributed by atoms with Crippen molar-refractivity contribution >= 4 is 11.4 Å². The van der Waals surface area contributed by atoms with Gasteiger partial charge < -0.3 is 14.7 Å². The van der Waals surface area contributed by atoms with Gasteiger partial charge in [-0.1, -0.05) is 56.3 Å². The minimum Gasteiger partial charge on any atom is -0.374 e. The second-order valence-corrected chi connectivity index (χ2v) is 9.37. The molecule has 1 aliphatic heterocycles. The Morgan fingerprint density at radius 3 is 2.26 bits per heavy atom. The Morgan fingerprint density at radius 1 is 0.968 bits per heavy atom. The van der Waals surface area contributed by atoms with Crippen LogP contribution in [0.3, 0.4) is 0 Å². The van der Waals surface area contributed by atoms with Gasteiger partial charge in [-0.3, -0.25) is 4.90 Å². The summed E-state index contributed by atoms with van der Waals surface area (Å²) in [7, 11) is 0. The highest BCUT2D eigenvalue weighted by Gasteiger charge is 2.23. The third-order valence-electron chi connectivity index (χ3n) is 5.72. The number of hydrogen-bond acceptors (Lipinski definition) is 6. The van der Waals surface area contributed by atoms with E-state index in [1.54, 1.807) is 0 Å². The van der Waals surface area contributed by atoms with Gasteiger partial charge >= 0.3 is 0 Å². The van der Waals surface area contributed by atoms with Crippen molar-refractivity contribution in [2.75, 3.05) is 36.4 Å². The first-order chi connectivity index (χ1) is 14.9. The highest BCUT2D eigenvalue weighted by atomic mass is 16.5. The standard InChI is InChI=1S/C25H33N5O/c1-19(23-27-24(28-31-23)25(2,3)4)26-21-10-12-22(13-11-21)30-16-14-29(15-17-30)18-20-8-6-5-7-9-20/h5-13,19,26H,14-18H2,1-4H3/t19-/m0/s1. The lowest BCUT2D eigenvalue weighted by Crippen LogP contribution is -2.45. The van der Waals surface area contributed by atoms with Crippen LogP contribution >= 0.6 is 0 Å². The lowest BCUT2D eigenvalue weighted by atomic mass is 9.96. The van der Waals surface area contributed by atoms with E-state index in [0.29, 0.717) is 5.89 Å². The van der Waals surface area contributed by atoms with Crippen molar-refractivity contribution in [3.8, 4) is 0 Å². The summed E-state index contributed by atoms with van der Waals surface area (Å²) in [5, 5.41) is 7.59. The molecule has 0 saturated carbocycles. The molecule has 0 radical (unpaired) electrons. The van der Waals surface area contributed by atoms with Gasteiger partial charge in [0.2, 0.25) is 5.89 Å². The molecule has 1 atom stereocenters. The zero-order chi connectivity index (χ0) is 21.8. The van der Waals surface area contributed by atoms with Gasteiger partial charge in [-0.25, -0.2) is 0 Å². The largest absolute Gasteiger partial charge is 0.374 e. The summed E-state index contributed by atoms with van der Waals surface area (Å²) in [5.41, 5.74) is 3.59. The molecule has 0 bridgehead atoms. The Hall–Kier alpha value is -2.86. The van der Waals surface area contributed by atoms with Crippen molar-refractivity contribution in [3.05, 3.63) is 71.9 Å². The smallest absolute Gasteiger partial charge is 0.248 e. The number of hydrogen-bond donors (Lipinski definition) is 1. The fourth-order valence-corrected chi connectivity index (χ4v) is 3.80.